The second kappa shape index (κ2) is 6.65. The molecule has 3 aromatic carbocycles. The van der Waals surface area contributed by atoms with Crippen LogP contribution >= 0.6 is 11.8 Å². The lowest BCUT2D eigenvalue weighted by Gasteiger charge is -2.09. The molecule has 0 radical (unpaired) electrons. The van der Waals surface area contributed by atoms with Gasteiger partial charge in [-0.1, -0.05) is 59.8 Å². The maximum Gasteiger partial charge on any atom is 0.161 e. The highest BCUT2D eigenvalue weighted by molar-refractivity contribution is 7.99. The van der Waals surface area contributed by atoms with Crippen molar-refractivity contribution in [3.8, 4) is 11.4 Å². The summed E-state index contributed by atoms with van der Waals surface area (Å²) in [6, 6.07) is 22.6. The van der Waals surface area contributed by atoms with E-state index in [2.05, 4.69) is 19.1 Å². The molecule has 0 aliphatic heterocycles. The molecule has 0 atom stereocenters. The van der Waals surface area contributed by atoms with Gasteiger partial charge in [0.05, 0.1) is 5.52 Å². The molecule has 0 aliphatic rings. The van der Waals surface area contributed by atoms with Gasteiger partial charge in [-0.25, -0.2) is 14.4 Å². The van der Waals surface area contributed by atoms with Gasteiger partial charge in [0.1, 0.15) is 10.8 Å². The third-order valence-corrected chi connectivity index (χ3v) is 4.92. The van der Waals surface area contributed by atoms with E-state index in [1.165, 1.54) is 29.5 Å². The van der Waals surface area contributed by atoms with Gasteiger partial charge in [-0.2, -0.15) is 0 Å². The molecule has 0 spiro atoms. The zero-order valence-corrected chi connectivity index (χ0v) is 14.4. The van der Waals surface area contributed by atoms with E-state index in [1.807, 2.05) is 36.4 Å². The highest BCUT2D eigenvalue weighted by Gasteiger charge is 2.10. The highest BCUT2D eigenvalue weighted by Crippen LogP contribution is 2.33. The summed E-state index contributed by atoms with van der Waals surface area (Å²) in [5.41, 5.74) is 3.08. The summed E-state index contributed by atoms with van der Waals surface area (Å²) in [6.45, 7) is 2.06. The lowest BCUT2D eigenvalue weighted by Crippen LogP contribution is -1.94. The first-order valence-electron chi connectivity index (χ1n) is 7.96. The molecule has 4 heteroatoms. The fraction of sp³-hybridized carbons (Fsp3) is 0.0476. The van der Waals surface area contributed by atoms with Crippen LogP contribution in [0.3, 0.4) is 0 Å². The van der Waals surface area contributed by atoms with Gasteiger partial charge in [0.25, 0.3) is 0 Å². The summed E-state index contributed by atoms with van der Waals surface area (Å²) in [5.74, 6) is 0.459. The maximum atomic E-state index is 13.2. The monoisotopic (exact) mass is 346 g/mol. The van der Waals surface area contributed by atoms with Gasteiger partial charge in [-0.3, -0.25) is 0 Å². The molecule has 2 nitrogen and oxygen atoms in total. The normalized spacial score (nSPS) is 11.0. The van der Waals surface area contributed by atoms with E-state index in [1.54, 1.807) is 12.1 Å². The van der Waals surface area contributed by atoms with Crippen LogP contribution in [0.4, 0.5) is 4.39 Å². The van der Waals surface area contributed by atoms with Gasteiger partial charge in [0, 0.05) is 15.8 Å². The average molecular weight is 346 g/mol. The van der Waals surface area contributed by atoms with Crippen LogP contribution in [0.1, 0.15) is 5.56 Å². The zero-order valence-electron chi connectivity index (χ0n) is 13.6. The minimum Gasteiger partial charge on any atom is -0.228 e. The molecule has 0 N–H and O–H groups in total. The van der Waals surface area contributed by atoms with Crippen LogP contribution in [0.25, 0.3) is 22.3 Å². The molecule has 0 bridgehead atoms. The number of aromatic nitrogens is 2. The first kappa shape index (κ1) is 15.8. The van der Waals surface area contributed by atoms with E-state index in [-0.39, 0.29) is 5.82 Å². The Morgan fingerprint density at radius 3 is 2.28 bits per heavy atom. The Morgan fingerprint density at radius 2 is 1.52 bits per heavy atom. The van der Waals surface area contributed by atoms with Crippen LogP contribution in [0.5, 0.6) is 0 Å². The van der Waals surface area contributed by atoms with Crippen molar-refractivity contribution >= 4 is 22.7 Å². The SMILES string of the molecule is Cc1ccc(-c2nc(Sc3ccc(F)cc3)c3ccccc3n2)cc1. The fourth-order valence-electron chi connectivity index (χ4n) is 2.57. The number of hydrogen-bond donors (Lipinski definition) is 0. The molecule has 122 valence electrons. The number of fused-ring (bicyclic) bond motifs is 1. The van der Waals surface area contributed by atoms with E-state index in [4.69, 9.17) is 9.97 Å². The maximum absolute atomic E-state index is 13.2. The van der Waals surface area contributed by atoms with E-state index >= 15 is 0 Å². The van der Waals surface area contributed by atoms with Crippen molar-refractivity contribution in [2.45, 2.75) is 16.8 Å². The van der Waals surface area contributed by atoms with Gasteiger partial charge in [-0.05, 0) is 37.3 Å². The molecule has 0 fully saturated rings. The van der Waals surface area contributed by atoms with Gasteiger partial charge >= 0.3 is 0 Å². The molecule has 25 heavy (non-hydrogen) atoms. The van der Waals surface area contributed by atoms with Gasteiger partial charge in [0.15, 0.2) is 5.82 Å². The van der Waals surface area contributed by atoms with Crippen molar-refractivity contribution in [3.05, 3.63) is 84.2 Å². The van der Waals surface area contributed by atoms with Crippen molar-refractivity contribution < 1.29 is 4.39 Å². The first-order valence-corrected chi connectivity index (χ1v) is 8.78. The Hall–Kier alpha value is -2.72. The fourth-order valence-corrected chi connectivity index (χ4v) is 3.48. The summed E-state index contributed by atoms with van der Waals surface area (Å²) in [5, 5.41) is 1.86. The number of nitrogens with zero attached hydrogens (tertiary/aromatic N) is 2. The highest BCUT2D eigenvalue weighted by atomic mass is 32.2. The molecular weight excluding hydrogens is 331 g/mol. The molecule has 4 aromatic rings. The molecule has 0 unspecified atom stereocenters. The Balaban J connectivity index is 1.83. The van der Waals surface area contributed by atoms with Crippen molar-refractivity contribution in [2.24, 2.45) is 0 Å². The third kappa shape index (κ3) is 3.39. The van der Waals surface area contributed by atoms with E-state index in [0.29, 0.717) is 5.82 Å². The molecule has 0 amide bonds. The summed E-state index contributed by atoms with van der Waals surface area (Å²) < 4.78 is 13.2. The van der Waals surface area contributed by atoms with E-state index in [0.717, 1.165) is 26.4 Å². The Morgan fingerprint density at radius 1 is 0.800 bits per heavy atom. The average Bonchev–Trinajstić information content (AvgIpc) is 2.64. The second-order valence-electron chi connectivity index (χ2n) is 5.79. The second-order valence-corrected chi connectivity index (χ2v) is 6.85. The number of para-hydroxylation sites is 1. The minimum atomic E-state index is -0.239. The minimum absolute atomic E-state index is 0.239. The summed E-state index contributed by atoms with van der Waals surface area (Å²) in [4.78, 5) is 10.4. The Bertz CT molecular complexity index is 1030. The predicted molar refractivity (Wildman–Crippen MR) is 100 cm³/mol. The van der Waals surface area contributed by atoms with E-state index in [9.17, 15) is 4.39 Å². The quantitative estimate of drug-likeness (QED) is 0.432. The van der Waals surface area contributed by atoms with Crippen LogP contribution in [-0.2, 0) is 0 Å². The predicted octanol–water partition coefficient (Wildman–Crippen LogP) is 5.90. The Kier molecular flexibility index (Phi) is 4.20. The molecule has 0 saturated heterocycles. The smallest absolute Gasteiger partial charge is 0.161 e. The number of rotatable bonds is 3. The molecule has 1 heterocycles. The molecule has 4 rings (SSSR count). The van der Waals surface area contributed by atoms with Crippen LogP contribution in [0.15, 0.2) is 82.7 Å². The zero-order chi connectivity index (χ0) is 17.2. The molecule has 0 saturated carbocycles. The van der Waals surface area contributed by atoms with Crippen LogP contribution in [0.2, 0.25) is 0 Å². The van der Waals surface area contributed by atoms with Gasteiger partial charge in [-0.15, -0.1) is 0 Å². The number of halogens is 1. The largest absolute Gasteiger partial charge is 0.228 e. The van der Waals surface area contributed by atoms with Gasteiger partial charge in [0.2, 0.25) is 0 Å². The first-order chi connectivity index (χ1) is 12.2. The third-order valence-electron chi connectivity index (χ3n) is 3.91. The van der Waals surface area contributed by atoms with Crippen LogP contribution in [0, 0.1) is 12.7 Å². The van der Waals surface area contributed by atoms with Gasteiger partial charge < -0.3 is 0 Å². The topological polar surface area (TPSA) is 25.8 Å². The lowest BCUT2D eigenvalue weighted by molar-refractivity contribution is 0.626. The van der Waals surface area contributed by atoms with E-state index < -0.39 is 0 Å². The Labute approximate surface area is 149 Å². The van der Waals surface area contributed by atoms with Crippen molar-refractivity contribution in [3.63, 3.8) is 0 Å². The van der Waals surface area contributed by atoms with Crippen LogP contribution < -0.4 is 0 Å². The number of hydrogen-bond acceptors (Lipinski definition) is 3. The van der Waals surface area contributed by atoms with Crippen LogP contribution in [-0.4, -0.2) is 9.97 Å². The summed E-state index contributed by atoms with van der Waals surface area (Å²) in [6.07, 6.45) is 0. The molecule has 1 aromatic heterocycles. The number of aryl methyl sites for hydroxylation is 1. The molecule has 0 aliphatic carbocycles. The lowest BCUT2D eigenvalue weighted by atomic mass is 10.1. The number of benzene rings is 3. The standard InChI is InChI=1S/C21H15FN2S/c1-14-6-8-15(9-7-14)20-23-19-5-3-2-4-18(19)21(24-20)25-17-12-10-16(22)11-13-17/h2-13H,1H3. The summed E-state index contributed by atoms with van der Waals surface area (Å²) >= 11 is 1.52. The molecular formula is C21H15FN2S. The summed E-state index contributed by atoms with van der Waals surface area (Å²) in [7, 11) is 0. The van der Waals surface area contributed by atoms with Crippen molar-refractivity contribution in [1.82, 2.24) is 9.97 Å². The van der Waals surface area contributed by atoms with Crippen molar-refractivity contribution in [2.75, 3.05) is 0 Å². The van der Waals surface area contributed by atoms with Crippen molar-refractivity contribution in [1.29, 1.82) is 0 Å².